The number of rotatable bonds is 3. The van der Waals surface area contributed by atoms with E-state index in [0.717, 1.165) is 18.8 Å². The molecule has 3 unspecified atom stereocenters. The molecule has 0 saturated heterocycles. The molecule has 102 valence electrons. The number of hydrogen-bond acceptors (Lipinski definition) is 2. The summed E-state index contributed by atoms with van der Waals surface area (Å²) in [5, 5.41) is 0. The number of ether oxygens (including phenoxy) is 1. The summed E-state index contributed by atoms with van der Waals surface area (Å²) in [6.45, 7) is 0.797. The average molecular weight is 265 g/mol. The van der Waals surface area contributed by atoms with Gasteiger partial charge in [-0.1, -0.05) is 48.5 Å². The third-order valence-corrected chi connectivity index (χ3v) is 4.63. The summed E-state index contributed by atoms with van der Waals surface area (Å²) in [6, 6.07) is 17.2. The molecular weight excluding hydrogens is 246 g/mol. The topological polar surface area (TPSA) is 35.2 Å². The minimum Gasteiger partial charge on any atom is -0.493 e. The van der Waals surface area contributed by atoms with Gasteiger partial charge in [-0.15, -0.1) is 0 Å². The molecular formula is C18H19NO. The van der Waals surface area contributed by atoms with Crippen molar-refractivity contribution in [3.05, 3.63) is 65.2 Å². The first-order valence-corrected chi connectivity index (χ1v) is 7.39. The molecule has 2 heteroatoms. The highest BCUT2D eigenvalue weighted by Gasteiger charge is 2.43. The fourth-order valence-electron chi connectivity index (χ4n) is 3.43. The Morgan fingerprint density at radius 2 is 1.90 bits per heavy atom. The number of nitrogens with two attached hydrogens (primary N) is 1. The Balaban J connectivity index is 1.58. The Morgan fingerprint density at radius 1 is 1.05 bits per heavy atom. The van der Waals surface area contributed by atoms with Gasteiger partial charge in [-0.3, -0.25) is 0 Å². The lowest BCUT2D eigenvalue weighted by molar-refractivity contribution is 0.349. The fourth-order valence-corrected chi connectivity index (χ4v) is 3.43. The van der Waals surface area contributed by atoms with Gasteiger partial charge in [0.15, 0.2) is 0 Å². The molecule has 1 fully saturated rings. The van der Waals surface area contributed by atoms with Gasteiger partial charge in [0.05, 0.1) is 6.61 Å². The summed E-state index contributed by atoms with van der Waals surface area (Å²) < 4.78 is 5.79. The van der Waals surface area contributed by atoms with Crippen LogP contribution in [0.15, 0.2) is 48.5 Å². The van der Waals surface area contributed by atoms with Crippen molar-refractivity contribution in [2.75, 3.05) is 6.61 Å². The van der Waals surface area contributed by atoms with Crippen molar-refractivity contribution < 1.29 is 4.74 Å². The second-order valence-corrected chi connectivity index (χ2v) is 5.88. The van der Waals surface area contributed by atoms with E-state index >= 15 is 0 Å². The van der Waals surface area contributed by atoms with E-state index in [2.05, 4.69) is 48.5 Å². The van der Waals surface area contributed by atoms with E-state index < -0.39 is 0 Å². The normalized spacial score (nSPS) is 24.9. The molecule has 0 spiro atoms. The standard InChI is InChI=1S/C18H19NO/c19-17(14-8-4-7-13-9-10-20-18(13)14)16-11-15(16)12-5-2-1-3-6-12/h1-8,15-17H,9-11,19H2. The second-order valence-electron chi connectivity index (χ2n) is 5.88. The maximum Gasteiger partial charge on any atom is 0.127 e. The first-order chi connectivity index (χ1) is 9.84. The highest BCUT2D eigenvalue weighted by Crippen LogP contribution is 2.54. The molecule has 3 atom stereocenters. The van der Waals surface area contributed by atoms with E-state index in [0.29, 0.717) is 11.8 Å². The van der Waals surface area contributed by atoms with Crippen LogP contribution in [0, 0.1) is 5.92 Å². The monoisotopic (exact) mass is 265 g/mol. The summed E-state index contributed by atoms with van der Waals surface area (Å²) in [5.74, 6) is 2.22. The quantitative estimate of drug-likeness (QED) is 0.923. The van der Waals surface area contributed by atoms with E-state index in [1.54, 1.807) is 0 Å². The van der Waals surface area contributed by atoms with Crippen LogP contribution >= 0.6 is 0 Å². The molecule has 4 rings (SSSR count). The zero-order valence-corrected chi connectivity index (χ0v) is 11.5. The van der Waals surface area contributed by atoms with Gasteiger partial charge >= 0.3 is 0 Å². The predicted octanol–water partition coefficient (Wildman–Crippen LogP) is 3.43. The van der Waals surface area contributed by atoms with Crippen LogP contribution in [0.1, 0.15) is 35.1 Å². The van der Waals surface area contributed by atoms with Crippen LogP contribution in [0.4, 0.5) is 0 Å². The lowest BCUT2D eigenvalue weighted by Crippen LogP contribution is -2.14. The molecule has 0 radical (unpaired) electrons. The molecule has 0 bridgehead atoms. The van der Waals surface area contributed by atoms with Crippen LogP contribution in [0.3, 0.4) is 0 Å². The lowest BCUT2D eigenvalue weighted by Gasteiger charge is -2.15. The number of para-hydroxylation sites is 1. The first-order valence-electron chi connectivity index (χ1n) is 7.39. The van der Waals surface area contributed by atoms with Gasteiger partial charge in [0.1, 0.15) is 5.75 Å². The van der Waals surface area contributed by atoms with E-state index in [1.165, 1.54) is 23.1 Å². The number of fused-ring (bicyclic) bond motifs is 1. The van der Waals surface area contributed by atoms with Crippen molar-refractivity contribution >= 4 is 0 Å². The summed E-state index contributed by atoms with van der Waals surface area (Å²) in [7, 11) is 0. The van der Waals surface area contributed by atoms with Gasteiger partial charge in [0.25, 0.3) is 0 Å². The molecule has 2 N–H and O–H groups in total. The number of hydrogen-bond donors (Lipinski definition) is 1. The minimum atomic E-state index is 0.0910. The van der Waals surface area contributed by atoms with E-state index in [4.69, 9.17) is 10.5 Å². The zero-order valence-electron chi connectivity index (χ0n) is 11.5. The second kappa shape index (κ2) is 4.64. The van der Waals surface area contributed by atoms with Crippen molar-refractivity contribution in [2.45, 2.75) is 24.8 Å². The molecule has 1 aliphatic heterocycles. The van der Waals surface area contributed by atoms with Gasteiger partial charge in [0, 0.05) is 18.0 Å². The zero-order chi connectivity index (χ0) is 13.5. The molecule has 1 aliphatic carbocycles. The molecule has 0 aromatic heterocycles. The van der Waals surface area contributed by atoms with E-state index in [-0.39, 0.29) is 6.04 Å². The highest BCUT2D eigenvalue weighted by molar-refractivity contribution is 5.46. The smallest absolute Gasteiger partial charge is 0.127 e. The highest BCUT2D eigenvalue weighted by atomic mass is 16.5. The van der Waals surface area contributed by atoms with Crippen LogP contribution in [0.25, 0.3) is 0 Å². The average Bonchev–Trinajstić information content (AvgIpc) is 3.16. The van der Waals surface area contributed by atoms with Crippen LogP contribution in [-0.4, -0.2) is 6.61 Å². The lowest BCUT2D eigenvalue weighted by atomic mass is 9.97. The van der Waals surface area contributed by atoms with Crippen molar-refractivity contribution in [3.8, 4) is 5.75 Å². The maximum absolute atomic E-state index is 6.52. The summed E-state index contributed by atoms with van der Waals surface area (Å²) in [5.41, 5.74) is 10.5. The molecule has 2 aromatic rings. The Labute approximate surface area is 119 Å². The molecule has 2 nitrogen and oxygen atoms in total. The first kappa shape index (κ1) is 12.0. The third kappa shape index (κ3) is 1.92. The molecule has 1 heterocycles. The van der Waals surface area contributed by atoms with E-state index in [1.807, 2.05) is 0 Å². The van der Waals surface area contributed by atoms with Crippen molar-refractivity contribution in [1.29, 1.82) is 0 Å². The van der Waals surface area contributed by atoms with Gasteiger partial charge in [-0.05, 0) is 29.4 Å². The van der Waals surface area contributed by atoms with Gasteiger partial charge in [0.2, 0.25) is 0 Å². The Morgan fingerprint density at radius 3 is 2.75 bits per heavy atom. The van der Waals surface area contributed by atoms with Crippen molar-refractivity contribution in [2.24, 2.45) is 11.7 Å². The van der Waals surface area contributed by atoms with Gasteiger partial charge < -0.3 is 10.5 Å². The maximum atomic E-state index is 6.52. The summed E-state index contributed by atoms with van der Waals surface area (Å²) in [6.07, 6.45) is 2.21. The Bertz CT molecular complexity index is 623. The predicted molar refractivity (Wildman–Crippen MR) is 79.9 cm³/mol. The Kier molecular flexibility index (Phi) is 2.78. The largest absolute Gasteiger partial charge is 0.493 e. The van der Waals surface area contributed by atoms with Crippen LogP contribution < -0.4 is 10.5 Å². The molecule has 0 amide bonds. The summed E-state index contributed by atoms with van der Waals surface area (Å²) in [4.78, 5) is 0. The molecule has 2 aromatic carbocycles. The van der Waals surface area contributed by atoms with Gasteiger partial charge in [-0.2, -0.15) is 0 Å². The molecule has 2 aliphatic rings. The van der Waals surface area contributed by atoms with Crippen LogP contribution in [0.2, 0.25) is 0 Å². The fraction of sp³-hybridized carbons (Fsp3) is 0.333. The van der Waals surface area contributed by atoms with Crippen LogP contribution in [0.5, 0.6) is 5.75 Å². The molecule has 20 heavy (non-hydrogen) atoms. The molecule has 1 saturated carbocycles. The number of benzene rings is 2. The summed E-state index contributed by atoms with van der Waals surface area (Å²) >= 11 is 0. The van der Waals surface area contributed by atoms with E-state index in [9.17, 15) is 0 Å². The van der Waals surface area contributed by atoms with Crippen molar-refractivity contribution in [1.82, 2.24) is 0 Å². The van der Waals surface area contributed by atoms with Crippen LogP contribution in [-0.2, 0) is 6.42 Å². The minimum absolute atomic E-state index is 0.0910. The van der Waals surface area contributed by atoms with Crippen molar-refractivity contribution in [3.63, 3.8) is 0 Å². The van der Waals surface area contributed by atoms with Gasteiger partial charge in [-0.25, -0.2) is 0 Å². The Hall–Kier alpha value is -1.80. The third-order valence-electron chi connectivity index (χ3n) is 4.63. The SMILES string of the molecule is NC(c1cccc2c1OCC2)C1CC1c1ccccc1.